The normalized spacial score (nSPS) is 32.7. The number of hydrogen-bond acceptors (Lipinski definition) is 3. The number of rotatable bonds is 3. The summed E-state index contributed by atoms with van der Waals surface area (Å²) in [6.07, 6.45) is 2.39. The monoisotopic (exact) mass is 276 g/mol. The van der Waals surface area contributed by atoms with Crippen LogP contribution in [0.5, 0.6) is 0 Å². The molecule has 2 fully saturated rings. The van der Waals surface area contributed by atoms with Gasteiger partial charge >= 0.3 is 0 Å². The maximum absolute atomic E-state index is 5.55. The number of nitrogens with zero attached hydrogens (tertiary/aromatic N) is 1. The van der Waals surface area contributed by atoms with Gasteiger partial charge in [-0.2, -0.15) is 0 Å². The quantitative estimate of drug-likeness (QED) is 0.921. The van der Waals surface area contributed by atoms with Crippen molar-refractivity contribution in [3.63, 3.8) is 0 Å². The predicted molar refractivity (Wildman–Crippen MR) is 80.8 cm³/mol. The molecule has 0 spiro atoms. The first kappa shape index (κ1) is 13.0. The molecule has 3 rings (SSSR count). The molecule has 0 radical (unpaired) electrons. The average Bonchev–Trinajstić information content (AvgIpc) is 3.02. The molecule has 1 N–H and O–H groups in total. The number of aliphatic imine (C=N–C) groups is 1. The maximum Gasteiger partial charge on any atom is 0.157 e. The summed E-state index contributed by atoms with van der Waals surface area (Å²) in [4.78, 5) is 4.79. The van der Waals surface area contributed by atoms with E-state index in [1.54, 1.807) is 0 Å². The van der Waals surface area contributed by atoms with E-state index in [1.165, 1.54) is 5.56 Å². The third-order valence-corrected chi connectivity index (χ3v) is 4.76. The van der Waals surface area contributed by atoms with Crippen molar-refractivity contribution in [2.75, 3.05) is 12.4 Å². The Kier molecular flexibility index (Phi) is 4.09. The SMILES string of the molecule is CC1OCCC1N=C1NC(Cc2ccccc2)CS1. The van der Waals surface area contributed by atoms with Gasteiger partial charge < -0.3 is 10.1 Å². The summed E-state index contributed by atoms with van der Waals surface area (Å²) in [5.41, 5.74) is 1.39. The van der Waals surface area contributed by atoms with E-state index in [0.29, 0.717) is 12.1 Å². The molecular weight excluding hydrogens is 256 g/mol. The van der Waals surface area contributed by atoms with Gasteiger partial charge in [-0.15, -0.1) is 0 Å². The van der Waals surface area contributed by atoms with Crippen molar-refractivity contribution in [2.24, 2.45) is 4.99 Å². The highest BCUT2D eigenvalue weighted by Crippen LogP contribution is 2.22. The lowest BCUT2D eigenvalue weighted by atomic mass is 10.1. The van der Waals surface area contributed by atoms with Crippen molar-refractivity contribution in [2.45, 2.75) is 38.0 Å². The summed E-state index contributed by atoms with van der Waals surface area (Å²) in [7, 11) is 0. The van der Waals surface area contributed by atoms with E-state index in [-0.39, 0.29) is 6.10 Å². The van der Waals surface area contributed by atoms with Crippen LogP contribution in [0.2, 0.25) is 0 Å². The predicted octanol–water partition coefficient (Wildman–Crippen LogP) is 2.47. The highest BCUT2D eigenvalue weighted by Gasteiger charge is 2.27. The molecule has 2 saturated heterocycles. The average molecular weight is 276 g/mol. The molecule has 0 aromatic heterocycles. The molecule has 0 amide bonds. The van der Waals surface area contributed by atoms with Gasteiger partial charge in [-0.1, -0.05) is 42.1 Å². The summed E-state index contributed by atoms with van der Waals surface area (Å²) in [6.45, 7) is 2.96. The summed E-state index contributed by atoms with van der Waals surface area (Å²) in [6, 6.07) is 11.5. The van der Waals surface area contributed by atoms with Gasteiger partial charge in [0.05, 0.1) is 12.1 Å². The molecule has 2 aliphatic rings. The smallest absolute Gasteiger partial charge is 0.157 e. The Morgan fingerprint density at radius 1 is 1.37 bits per heavy atom. The Hall–Kier alpha value is -1.00. The second-order valence-corrected chi connectivity index (χ2v) is 6.22. The molecule has 3 unspecified atom stereocenters. The number of nitrogens with one attached hydrogen (secondary N) is 1. The lowest BCUT2D eigenvalue weighted by molar-refractivity contribution is 0.119. The molecule has 3 nitrogen and oxygen atoms in total. The largest absolute Gasteiger partial charge is 0.376 e. The van der Waals surface area contributed by atoms with Crippen LogP contribution in [0.15, 0.2) is 35.3 Å². The van der Waals surface area contributed by atoms with Crippen molar-refractivity contribution in [3.05, 3.63) is 35.9 Å². The number of benzene rings is 1. The zero-order valence-electron chi connectivity index (χ0n) is 11.2. The Morgan fingerprint density at radius 2 is 2.21 bits per heavy atom. The zero-order valence-corrected chi connectivity index (χ0v) is 12.0. The molecule has 0 bridgehead atoms. The van der Waals surface area contributed by atoms with Crippen molar-refractivity contribution in [3.8, 4) is 0 Å². The van der Waals surface area contributed by atoms with Crippen LogP contribution in [-0.4, -0.2) is 35.7 Å². The standard InChI is InChI=1S/C15H20N2OS/c1-11-14(7-8-18-11)17-15-16-13(10-19-15)9-12-5-3-2-4-6-12/h2-6,11,13-14H,7-10H2,1H3,(H,16,17). The molecule has 19 heavy (non-hydrogen) atoms. The van der Waals surface area contributed by atoms with Crippen molar-refractivity contribution in [1.29, 1.82) is 0 Å². The lowest BCUT2D eigenvalue weighted by Gasteiger charge is -2.12. The fourth-order valence-electron chi connectivity index (χ4n) is 2.56. The number of hydrogen-bond donors (Lipinski definition) is 1. The van der Waals surface area contributed by atoms with Crippen LogP contribution in [0.3, 0.4) is 0 Å². The molecule has 0 aliphatic carbocycles. The summed E-state index contributed by atoms with van der Waals surface area (Å²) >= 11 is 1.84. The maximum atomic E-state index is 5.55. The Balaban J connectivity index is 1.56. The van der Waals surface area contributed by atoms with Crippen LogP contribution >= 0.6 is 11.8 Å². The number of ether oxygens (including phenoxy) is 1. The lowest BCUT2D eigenvalue weighted by Crippen LogP contribution is -2.30. The summed E-state index contributed by atoms with van der Waals surface area (Å²) in [5, 5.41) is 4.64. The minimum absolute atomic E-state index is 0.267. The van der Waals surface area contributed by atoms with Crippen molar-refractivity contribution in [1.82, 2.24) is 5.32 Å². The second kappa shape index (κ2) is 5.97. The topological polar surface area (TPSA) is 33.6 Å². The first-order valence-corrected chi connectivity index (χ1v) is 7.92. The molecule has 4 heteroatoms. The molecule has 0 saturated carbocycles. The van der Waals surface area contributed by atoms with Gasteiger partial charge in [0.2, 0.25) is 0 Å². The minimum Gasteiger partial charge on any atom is -0.376 e. The molecule has 1 aromatic carbocycles. The van der Waals surface area contributed by atoms with Gasteiger partial charge in [0.1, 0.15) is 0 Å². The minimum atomic E-state index is 0.267. The van der Waals surface area contributed by atoms with Gasteiger partial charge in [-0.3, -0.25) is 4.99 Å². The fourth-order valence-corrected chi connectivity index (χ4v) is 3.58. The van der Waals surface area contributed by atoms with Gasteiger partial charge in [0, 0.05) is 18.4 Å². The van der Waals surface area contributed by atoms with E-state index in [2.05, 4.69) is 42.6 Å². The second-order valence-electron chi connectivity index (χ2n) is 5.21. The van der Waals surface area contributed by atoms with Crippen LogP contribution in [0.25, 0.3) is 0 Å². The van der Waals surface area contributed by atoms with Gasteiger partial charge in [0.25, 0.3) is 0 Å². The Bertz CT molecular complexity index is 449. The first-order valence-electron chi connectivity index (χ1n) is 6.94. The Morgan fingerprint density at radius 3 is 2.95 bits per heavy atom. The van der Waals surface area contributed by atoms with Gasteiger partial charge in [-0.25, -0.2) is 0 Å². The highest BCUT2D eigenvalue weighted by molar-refractivity contribution is 8.14. The van der Waals surface area contributed by atoms with Crippen LogP contribution in [0, 0.1) is 0 Å². The van der Waals surface area contributed by atoms with E-state index < -0.39 is 0 Å². The molecule has 3 atom stereocenters. The highest BCUT2D eigenvalue weighted by atomic mass is 32.2. The summed E-state index contributed by atoms with van der Waals surface area (Å²) in [5.74, 6) is 1.11. The third-order valence-electron chi connectivity index (χ3n) is 3.69. The van der Waals surface area contributed by atoms with E-state index >= 15 is 0 Å². The van der Waals surface area contributed by atoms with Crippen LogP contribution in [-0.2, 0) is 11.2 Å². The van der Waals surface area contributed by atoms with Crippen LogP contribution in [0.1, 0.15) is 18.9 Å². The number of thioether (sulfide) groups is 1. The molecule has 102 valence electrons. The molecule has 2 heterocycles. The van der Waals surface area contributed by atoms with E-state index in [0.717, 1.165) is 30.4 Å². The van der Waals surface area contributed by atoms with Gasteiger partial charge in [-0.05, 0) is 25.3 Å². The molecule has 1 aromatic rings. The van der Waals surface area contributed by atoms with Crippen molar-refractivity contribution < 1.29 is 4.74 Å². The zero-order chi connectivity index (χ0) is 13.1. The van der Waals surface area contributed by atoms with Crippen LogP contribution in [0.4, 0.5) is 0 Å². The Labute approximate surface area is 118 Å². The van der Waals surface area contributed by atoms with Crippen LogP contribution < -0.4 is 5.32 Å². The first-order chi connectivity index (χ1) is 9.31. The molecular formula is C15H20N2OS. The van der Waals surface area contributed by atoms with E-state index in [9.17, 15) is 0 Å². The molecule has 2 aliphatic heterocycles. The van der Waals surface area contributed by atoms with Crippen molar-refractivity contribution >= 4 is 16.9 Å². The van der Waals surface area contributed by atoms with E-state index in [1.807, 2.05) is 11.8 Å². The fraction of sp³-hybridized carbons (Fsp3) is 0.533. The summed E-state index contributed by atoms with van der Waals surface area (Å²) < 4.78 is 5.55. The number of amidine groups is 1. The third kappa shape index (κ3) is 3.31. The van der Waals surface area contributed by atoms with E-state index in [4.69, 9.17) is 9.73 Å². The van der Waals surface area contributed by atoms with Gasteiger partial charge in [0.15, 0.2) is 5.17 Å².